The number of furan rings is 1. The Morgan fingerprint density at radius 2 is 2.00 bits per heavy atom. The van der Waals surface area contributed by atoms with Crippen molar-refractivity contribution in [3.8, 4) is 0 Å². The van der Waals surface area contributed by atoms with E-state index in [0.29, 0.717) is 37.2 Å². The Labute approximate surface area is 135 Å². The van der Waals surface area contributed by atoms with Crippen molar-refractivity contribution >= 4 is 21.6 Å². The molecule has 1 aliphatic heterocycles. The number of carbonyl (C=O) groups excluding carboxylic acids is 1. The molecule has 23 heavy (non-hydrogen) atoms. The zero-order valence-electron chi connectivity index (χ0n) is 12.6. The third-order valence-electron chi connectivity index (χ3n) is 3.75. The van der Waals surface area contributed by atoms with Gasteiger partial charge in [0, 0.05) is 25.1 Å². The Hall–Kier alpha value is -2.28. The first kappa shape index (κ1) is 15.6. The van der Waals surface area contributed by atoms with Crippen LogP contribution in [-0.4, -0.2) is 33.2 Å². The van der Waals surface area contributed by atoms with Crippen molar-refractivity contribution in [3.63, 3.8) is 0 Å². The molecule has 0 atom stereocenters. The van der Waals surface area contributed by atoms with Gasteiger partial charge in [0.05, 0.1) is 17.7 Å². The van der Waals surface area contributed by atoms with Crippen LogP contribution in [0, 0.1) is 0 Å². The van der Waals surface area contributed by atoms with E-state index in [0.717, 1.165) is 5.76 Å². The van der Waals surface area contributed by atoms with Crippen LogP contribution >= 0.6 is 0 Å². The van der Waals surface area contributed by atoms with E-state index in [1.807, 2.05) is 12.1 Å². The van der Waals surface area contributed by atoms with Gasteiger partial charge in [-0.3, -0.25) is 9.10 Å². The number of nitrogens with one attached hydrogen (secondary N) is 1. The second-order valence-corrected chi connectivity index (χ2v) is 7.39. The lowest BCUT2D eigenvalue weighted by Gasteiger charge is -2.17. The monoisotopic (exact) mass is 334 g/mol. The van der Waals surface area contributed by atoms with Crippen molar-refractivity contribution in [1.29, 1.82) is 0 Å². The standard InChI is InChI=1S/C16H18N2O4S/c19-16(17-9-8-15-3-1-11-22-15)13-4-6-14(7-5-13)18-10-2-12-23(18,20)21/h1,3-7,11H,2,8-10,12H2,(H,17,19). The van der Waals surface area contributed by atoms with E-state index in [1.165, 1.54) is 4.31 Å². The number of rotatable bonds is 5. The maximum Gasteiger partial charge on any atom is 0.251 e. The van der Waals surface area contributed by atoms with Crippen LogP contribution in [0.5, 0.6) is 0 Å². The summed E-state index contributed by atoms with van der Waals surface area (Å²) in [6.07, 6.45) is 2.86. The van der Waals surface area contributed by atoms with Crippen LogP contribution in [0.3, 0.4) is 0 Å². The molecule has 1 aliphatic rings. The van der Waals surface area contributed by atoms with Crippen molar-refractivity contribution in [1.82, 2.24) is 5.32 Å². The van der Waals surface area contributed by atoms with E-state index in [2.05, 4.69) is 5.32 Å². The number of nitrogens with zero attached hydrogens (tertiary/aromatic N) is 1. The van der Waals surface area contributed by atoms with Gasteiger partial charge in [0.25, 0.3) is 5.91 Å². The second kappa shape index (κ2) is 6.45. The van der Waals surface area contributed by atoms with Gasteiger partial charge in [-0.15, -0.1) is 0 Å². The first-order valence-corrected chi connectivity index (χ1v) is 9.08. The van der Waals surface area contributed by atoms with Gasteiger partial charge < -0.3 is 9.73 Å². The number of carbonyl (C=O) groups is 1. The van der Waals surface area contributed by atoms with E-state index < -0.39 is 10.0 Å². The largest absolute Gasteiger partial charge is 0.469 e. The van der Waals surface area contributed by atoms with Crippen LogP contribution in [-0.2, 0) is 16.4 Å². The fourth-order valence-electron chi connectivity index (χ4n) is 2.56. The summed E-state index contributed by atoms with van der Waals surface area (Å²) >= 11 is 0. The predicted molar refractivity (Wildman–Crippen MR) is 86.9 cm³/mol. The van der Waals surface area contributed by atoms with Crippen molar-refractivity contribution in [2.24, 2.45) is 0 Å². The summed E-state index contributed by atoms with van der Waals surface area (Å²) in [5.41, 5.74) is 1.11. The highest BCUT2D eigenvalue weighted by Gasteiger charge is 2.28. The molecule has 0 bridgehead atoms. The lowest BCUT2D eigenvalue weighted by molar-refractivity contribution is 0.0953. The van der Waals surface area contributed by atoms with Gasteiger partial charge in [-0.25, -0.2) is 8.42 Å². The Morgan fingerprint density at radius 3 is 2.61 bits per heavy atom. The van der Waals surface area contributed by atoms with Gasteiger partial charge in [0.15, 0.2) is 0 Å². The molecule has 1 aromatic carbocycles. The quantitative estimate of drug-likeness (QED) is 0.904. The Kier molecular flexibility index (Phi) is 4.38. The average molecular weight is 334 g/mol. The molecule has 7 heteroatoms. The molecule has 6 nitrogen and oxygen atoms in total. The van der Waals surface area contributed by atoms with Crippen LogP contribution < -0.4 is 9.62 Å². The highest BCUT2D eigenvalue weighted by molar-refractivity contribution is 7.93. The fraction of sp³-hybridized carbons (Fsp3) is 0.312. The molecule has 1 aromatic heterocycles. The molecule has 1 saturated heterocycles. The number of amides is 1. The molecule has 0 spiro atoms. The molecule has 1 fully saturated rings. The number of hydrogen-bond donors (Lipinski definition) is 1. The number of sulfonamides is 1. The van der Waals surface area contributed by atoms with Gasteiger partial charge >= 0.3 is 0 Å². The number of anilines is 1. The third-order valence-corrected chi connectivity index (χ3v) is 5.62. The highest BCUT2D eigenvalue weighted by atomic mass is 32.2. The Morgan fingerprint density at radius 1 is 1.22 bits per heavy atom. The molecule has 122 valence electrons. The van der Waals surface area contributed by atoms with E-state index in [9.17, 15) is 13.2 Å². The minimum Gasteiger partial charge on any atom is -0.469 e. The van der Waals surface area contributed by atoms with Crippen LogP contribution in [0.4, 0.5) is 5.69 Å². The molecule has 1 N–H and O–H groups in total. The molecular formula is C16H18N2O4S. The zero-order chi connectivity index (χ0) is 16.3. The summed E-state index contributed by atoms with van der Waals surface area (Å²) in [5.74, 6) is 0.814. The maximum atomic E-state index is 12.1. The first-order chi connectivity index (χ1) is 11.1. The van der Waals surface area contributed by atoms with Gasteiger partial charge in [0.1, 0.15) is 5.76 Å². The zero-order valence-corrected chi connectivity index (χ0v) is 13.4. The maximum absolute atomic E-state index is 12.1. The fourth-order valence-corrected chi connectivity index (χ4v) is 4.13. The van der Waals surface area contributed by atoms with Gasteiger partial charge in [0.2, 0.25) is 10.0 Å². The van der Waals surface area contributed by atoms with Crippen molar-refractivity contribution in [3.05, 3.63) is 54.0 Å². The molecule has 1 amide bonds. The van der Waals surface area contributed by atoms with E-state index >= 15 is 0 Å². The number of hydrogen-bond acceptors (Lipinski definition) is 4. The second-order valence-electron chi connectivity index (χ2n) is 5.37. The Balaban J connectivity index is 1.59. The van der Waals surface area contributed by atoms with Crippen molar-refractivity contribution in [2.45, 2.75) is 12.8 Å². The molecule has 2 heterocycles. The summed E-state index contributed by atoms with van der Waals surface area (Å²) in [7, 11) is -3.19. The molecule has 2 aromatic rings. The summed E-state index contributed by atoms with van der Waals surface area (Å²) in [5, 5.41) is 2.81. The molecular weight excluding hydrogens is 316 g/mol. The molecule has 0 radical (unpaired) electrons. The highest BCUT2D eigenvalue weighted by Crippen LogP contribution is 2.24. The van der Waals surface area contributed by atoms with Gasteiger partial charge in [-0.2, -0.15) is 0 Å². The van der Waals surface area contributed by atoms with E-state index in [1.54, 1.807) is 30.5 Å². The minimum absolute atomic E-state index is 0.183. The Bertz CT molecular complexity index is 767. The van der Waals surface area contributed by atoms with E-state index in [4.69, 9.17) is 4.42 Å². The smallest absolute Gasteiger partial charge is 0.251 e. The predicted octanol–water partition coefficient (Wildman–Crippen LogP) is 1.79. The summed E-state index contributed by atoms with van der Waals surface area (Å²) in [6.45, 7) is 0.978. The lowest BCUT2D eigenvalue weighted by Crippen LogP contribution is -2.26. The lowest BCUT2D eigenvalue weighted by atomic mass is 10.2. The van der Waals surface area contributed by atoms with Crippen LogP contribution in [0.15, 0.2) is 47.1 Å². The summed E-state index contributed by atoms with van der Waals surface area (Å²) in [4.78, 5) is 12.1. The normalized spacial score (nSPS) is 16.4. The van der Waals surface area contributed by atoms with Gasteiger partial charge in [-0.05, 0) is 42.8 Å². The minimum atomic E-state index is -3.19. The third kappa shape index (κ3) is 3.56. The SMILES string of the molecule is O=C(NCCc1ccco1)c1ccc(N2CCCS2(=O)=O)cc1. The van der Waals surface area contributed by atoms with Gasteiger partial charge in [-0.1, -0.05) is 0 Å². The summed E-state index contributed by atoms with van der Waals surface area (Å²) in [6, 6.07) is 10.3. The van der Waals surface area contributed by atoms with Crippen LogP contribution in [0.1, 0.15) is 22.5 Å². The molecule has 0 unspecified atom stereocenters. The van der Waals surface area contributed by atoms with Crippen molar-refractivity contribution < 1.29 is 17.6 Å². The van der Waals surface area contributed by atoms with Crippen LogP contribution in [0.25, 0.3) is 0 Å². The van der Waals surface area contributed by atoms with Crippen LogP contribution in [0.2, 0.25) is 0 Å². The molecule has 0 aliphatic carbocycles. The summed E-state index contributed by atoms with van der Waals surface area (Å²) < 4.78 is 30.3. The molecule has 3 rings (SSSR count). The topological polar surface area (TPSA) is 79.6 Å². The van der Waals surface area contributed by atoms with Crippen molar-refractivity contribution in [2.75, 3.05) is 23.1 Å². The van der Waals surface area contributed by atoms with E-state index in [-0.39, 0.29) is 11.7 Å². The number of benzene rings is 1. The molecule has 0 saturated carbocycles. The first-order valence-electron chi connectivity index (χ1n) is 7.47. The average Bonchev–Trinajstić information content (AvgIpc) is 3.16.